The smallest absolute Gasteiger partial charge is 0.338 e. The van der Waals surface area contributed by atoms with Crippen LogP contribution in [0.15, 0.2) is 42.0 Å². The number of fused-ring (bicyclic) bond motifs is 5. The Kier molecular flexibility index (Phi) is 5.43. The predicted octanol–water partition coefficient (Wildman–Crippen LogP) is 2.70. The zero-order valence-corrected chi connectivity index (χ0v) is 20.7. The number of Topliss-reactive ketones (excluding diaryl/α,β-unsaturated/α-hetero) is 1. The zero-order valence-electron chi connectivity index (χ0n) is 20.7. The molecule has 0 amide bonds. The molecular formula is C28H36O7. The average molecular weight is 485 g/mol. The molecule has 1 aromatic carbocycles. The molecule has 190 valence electrons. The maximum absolute atomic E-state index is 13.2. The van der Waals surface area contributed by atoms with Gasteiger partial charge in [-0.15, -0.1) is 0 Å². The molecule has 5 rings (SSSR count). The van der Waals surface area contributed by atoms with Crippen molar-refractivity contribution in [3.63, 3.8) is 0 Å². The fourth-order valence-corrected chi connectivity index (χ4v) is 8.14. The van der Waals surface area contributed by atoms with Crippen LogP contribution in [-0.4, -0.2) is 61.2 Å². The van der Waals surface area contributed by atoms with Crippen LogP contribution in [0.2, 0.25) is 0 Å². The Labute approximate surface area is 205 Å². The number of hydrogen-bond acceptors (Lipinski definition) is 7. The van der Waals surface area contributed by atoms with E-state index in [4.69, 9.17) is 4.74 Å². The first kappa shape index (κ1) is 24.6. The number of aliphatic hydroxyl groups excluding tert-OH is 1. The van der Waals surface area contributed by atoms with E-state index in [1.807, 2.05) is 13.0 Å². The highest BCUT2D eigenvalue weighted by atomic mass is 16.5. The van der Waals surface area contributed by atoms with Crippen LogP contribution in [0.1, 0.15) is 76.1 Å². The highest BCUT2D eigenvalue weighted by molar-refractivity contribution is 5.90. The molecule has 7 heteroatoms. The molecule has 1 aromatic rings. The summed E-state index contributed by atoms with van der Waals surface area (Å²) in [5, 5.41) is 46.7. The Morgan fingerprint density at radius 1 is 1.03 bits per heavy atom. The van der Waals surface area contributed by atoms with Crippen LogP contribution in [-0.2, 0) is 9.53 Å². The van der Waals surface area contributed by atoms with Gasteiger partial charge in [-0.25, -0.2) is 4.79 Å². The van der Waals surface area contributed by atoms with Gasteiger partial charge >= 0.3 is 5.97 Å². The molecule has 4 aliphatic carbocycles. The van der Waals surface area contributed by atoms with E-state index in [1.54, 1.807) is 37.3 Å². The van der Waals surface area contributed by atoms with Gasteiger partial charge in [-0.05, 0) is 76.3 Å². The summed E-state index contributed by atoms with van der Waals surface area (Å²) in [6, 6.07) is 8.50. The average Bonchev–Trinajstić information content (AvgIpc) is 3.06. The minimum Gasteiger partial charge on any atom is -0.458 e. The number of aliphatic hydroxyl groups is 4. The molecule has 0 bridgehead atoms. The Balaban J connectivity index is 1.65. The van der Waals surface area contributed by atoms with Crippen LogP contribution in [0.4, 0.5) is 0 Å². The van der Waals surface area contributed by atoms with Gasteiger partial charge in [0.15, 0.2) is 5.78 Å². The Hall–Kier alpha value is -2.06. The van der Waals surface area contributed by atoms with Crippen LogP contribution in [0, 0.1) is 16.7 Å². The third-order valence-corrected chi connectivity index (χ3v) is 10.4. The van der Waals surface area contributed by atoms with Crippen molar-refractivity contribution in [3.05, 3.63) is 47.5 Å². The molecule has 0 aliphatic heterocycles. The highest BCUT2D eigenvalue weighted by Crippen LogP contribution is 2.70. The summed E-state index contributed by atoms with van der Waals surface area (Å²) in [4.78, 5) is 26.0. The predicted molar refractivity (Wildman–Crippen MR) is 127 cm³/mol. The lowest BCUT2D eigenvalue weighted by Gasteiger charge is -2.67. The molecular weight excluding hydrogens is 448 g/mol. The molecule has 0 aromatic heterocycles. The number of rotatable bonds is 3. The number of benzene rings is 1. The first-order valence-electron chi connectivity index (χ1n) is 12.7. The number of carbonyl (C=O) groups is 2. The highest BCUT2D eigenvalue weighted by Gasteiger charge is 2.81. The molecule has 3 saturated carbocycles. The molecule has 1 unspecified atom stereocenters. The first-order chi connectivity index (χ1) is 16.3. The van der Waals surface area contributed by atoms with Crippen molar-refractivity contribution in [2.45, 2.75) is 94.7 Å². The maximum Gasteiger partial charge on any atom is 0.338 e. The molecule has 8 atom stereocenters. The minimum atomic E-state index is -1.96. The Morgan fingerprint density at radius 2 is 1.71 bits per heavy atom. The number of ketones is 1. The standard InChI is InChI=1S/C28H36O7/c1-17(29)26(32)13-14-28(34)25(26,3)22(35-23(31)18-7-5-4-6-8-18)16-21-24(2)11-10-20(30)15-19(24)9-12-27(21,28)33/h4-9,20-22,30,32-34H,10-16H2,1-3H3/t20-,21+,22?,24-,25+,26-,27-,28+/m0/s1. The van der Waals surface area contributed by atoms with Gasteiger partial charge in [0.1, 0.15) is 22.9 Å². The van der Waals surface area contributed by atoms with E-state index < -0.39 is 57.5 Å². The summed E-state index contributed by atoms with van der Waals surface area (Å²) in [7, 11) is 0. The maximum atomic E-state index is 13.2. The van der Waals surface area contributed by atoms with E-state index in [2.05, 4.69) is 0 Å². The quantitative estimate of drug-likeness (QED) is 0.384. The molecule has 7 nitrogen and oxygen atoms in total. The molecule has 4 N–H and O–H groups in total. The van der Waals surface area contributed by atoms with Gasteiger partial charge in [-0.2, -0.15) is 0 Å². The molecule has 0 radical (unpaired) electrons. The fraction of sp³-hybridized carbons (Fsp3) is 0.643. The molecule has 3 fully saturated rings. The van der Waals surface area contributed by atoms with Crippen molar-refractivity contribution in [2.24, 2.45) is 16.7 Å². The minimum absolute atomic E-state index is 0.00778. The summed E-state index contributed by atoms with van der Waals surface area (Å²) in [6.07, 6.45) is 2.48. The van der Waals surface area contributed by atoms with Crippen molar-refractivity contribution in [1.29, 1.82) is 0 Å². The lowest BCUT2D eigenvalue weighted by Crippen LogP contribution is -2.78. The number of ether oxygens (including phenoxy) is 1. The summed E-state index contributed by atoms with van der Waals surface area (Å²) < 4.78 is 6.05. The van der Waals surface area contributed by atoms with Crippen LogP contribution in [0.25, 0.3) is 0 Å². The van der Waals surface area contributed by atoms with Gasteiger partial charge in [0, 0.05) is 5.92 Å². The van der Waals surface area contributed by atoms with E-state index in [-0.39, 0.29) is 25.7 Å². The van der Waals surface area contributed by atoms with Gasteiger partial charge in [0.25, 0.3) is 0 Å². The first-order valence-corrected chi connectivity index (χ1v) is 12.7. The number of carbonyl (C=O) groups excluding carboxylic acids is 2. The molecule has 0 saturated heterocycles. The van der Waals surface area contributed by atoms with Crippen molar-refractivity contribution in [1.82, 2.24) is 0 Å². The molecule has 35 heavy (non-hydrogen) atoms. The lowest BCUT2D eigenvalue weighted by atomic mass is 9.42. The topological polar surface area (TPSA) is 124 Å². The summed E-state index contributed by atoms with van der Waals surface area (Å²) in [5.41, 5.74) is -6.20. The lowest BCUT2D eigenvalue weighted by molar-refractivity contribution is -0.312. The summed E-state index contributed by atoms with van der Waals surface area (Å²) in [5.74, 6) is -1.60. The second-order valence-electron chi connectivity index (χ2n) is 11.7. The largest absolute Gasteiger partial charge is 0.458 e. The van der Waals surface area contributed by atoms with Crippen LogP contribution in [0.3, 0.4) is 0 Å². The van der Waals surface area contributed by atoms with E-state index in [1.165, 1.54) is 6.92 Å². The van der Waals surface area contributed by atoms with E-state index in [0.717, 1.165) is 5.57 Å². The summed E-state index contributed by atoms with van der Waals surface area (Å²) >= 11 is 0. The fourth-order valence-electron chi connectivity index (χ4n) is 8.14. The van der Waals surface area contributed by atoms with Crippen LogP contribution in [0.5, 0.6) is 0 Å². The second-order valence-corrected chi connectivity index (χ2v) is 11.7. The Bertz CT molecular complexity index is 1080. The van der Waals surface area contributed by atoms with E-state index >= 15 is 0 Å². The molecule has 0 heterocycles. The van der Waals surface area contributed by atoms with E-state index in [0.29, 0.717) is 24.8 Å². The second kappa shape index (κ2) is 7.72. The van der Waals surface area contributed by atoms with Crippen molar-refractivity contribution >= 4 is 11.8 Å². The van der Waals surface area contributed by atoms with E-state index in [9.17, 15) is 30.0 Å². The zero-order chi connectivity index (χ0) is 25.4. The van der Waals surface area contributed by atoms with Crippen LogP contribution < -0.4 is 0 Å². The number of hydrogen-bond donors (Lipinski definition) is 4. The van der Waals surface area contributed by atoms with Crippen LogP contribution >= 0.6 is 0 Å². The van der Waals surface area contributed by atoms with Gasteiger partial charge < -0.3 is 25.2 Å². The number of esters is 1. The molecule has 0 spiro atoms. The van der Waals surface area contributed by atoms with Gasteiger partial charge in [0.2, 0.25) is 0 Å². The summed E-state index contributed by atoms with van der Waals surface area (Å²) in [6.45, 7) is 4.92. The molecule has 4 aliphatic rings. The Morgan fingerprint density at radius 3 is 2.37 bits per heavy atom. The third kappa shape index (κ3) is 2.98. The third-order valence-electron chi connectivity index (χ3n) is 10.4. The van der Waals surface area contributed by atoms with Gasteiger partial charge in [-0.3, -0.25) is 4.79 Å². The van der Waals surface area contributed by atoms with Gasteiger partial charge in [0.05, 0.1) is 17.1 Å². The normalized spacial score (nSPS) is 46.6. The SMILES string of the molecule is CC(=O)[C@@]1(O)CC[C@@]2(O)[C@]1(C)C(OC(=O)c1ccccc1)C[C@@H]1[C@@]3(C)CC[C@H](O)CC3=CC[C@]12O. The van der Waals surface area contributed by atoms with Crippen molar-refractivity contribution in [3.8, 4) is 0 Å². The van der Waals surface area contributed by atoms with Gasteiger partial charge in [-0.1, -0.05) is 36.8 Å². The monoisotopic (exact) mass is 484 g/mol. The van der Waals surface area contributed by atoms with Crippen molar-refractivity contribution in [2.75, 3.05) is 0 Å². The van der Waals surface area contributed by atoms with Crippen molar-refractivity contribution < 1.29 is 34.8 Å².